The number of rotatable bonds is 7. The van der Waals surface area contributed by atoms with Gasteiger partial charge in [-0.15, -0.1) is 11.6 Å². The number of nitrogen functional groups attached to an aromatic ring is 1. The van der Waals surface area contributed by atoms with Crippen molar-refractivity contribution in [3.05, 3.63) is 53.0 Å². The van der Waals surface area contributed by atoms with E-state index in [9.17, 15) is 14.4 Å². The van der Waals surface area contributed by atoms with Crippen LogP contribution in [0.5, 0.6) is 0 Å². The van der Waals surface area contributed by atoms with E-state index < -0.39 is 17.4 Å². The third-order valence-electron chi connectivity index (χ3n) is 6.96. The summed E-state index contributed by atoms with van der Waals surface area (Å²) in [4.78, 5) is 49.8. The first kappa shape index (κ1) is 34.9. The van der Waals surface area contributed by atoms with Gasteiger partial charge in [0.25, 0.3) is 11.5 Å². The average molecular weight is 579 g/mol. The molecule has 0 bridgehead atoms. The number of halogens is 1. The Morgan fingerprint density at radius 2 is 1.75 bits per heavy atom. The van der Waals surface area contributed by atoms with Crippen LogP contribution in [0.4, 0.5) is 11.6 Å². The highest BCUT2D eigenvalue weighted by Gasteiger charge is 2.34. The maximum atomic E-state index is 12.8. The highest BCUT2D eigenvalue weighted by Crippen LogP contribution is 2.25. The Morgan fingerprint density at radius 3 is 2.27 bits per heavy atom. The van der Waals surface area contributed by atoms with Gasteiger partial charge in [-0.05, 0) is 46.2 Å². The molecule has 1 aromatic rings. The summed E-state index contributed by atoms with van der Waals surface area (Å²) in [7, 11) is 0. The van der Waals surface area contributed by atoms with E-state index in [-0.39, 0.29) is 17.3 Å². The Morgan fingerprint density at radius 1 is 1.12 bits per heavy atom. The van der Waals surface area contributed by atoms with Gasteiger partial charge in [0.15, 0.2) is 17.3 Å². The molecule has 3 rings (SSSR count). The number of allylic oxidation sites excluding steroid dienone is 3. The van der Waals surface area contributed by atoms with Gasteiger partial charge in [0.1, 0.15) is 0 Å². The normalized spacial score (nSPS) is 18.4. The number of piperazine rings is 1. The van der Waals surface area contributed by atoms with Gasteiger partial charge >= 0.3 is 0 Å². The van der Waals surface area contributed by atoms with Crippen LogP contribution in [0.2, 0.25) is 0 Å². The second-order valence-electron chi connectivity index (χ2n) is 9.64. The molecule has 40 heavy (non-hydrogen) atoms. The lowest BCUT2D eigenvalue weighted by molar-refractivity contribution is -0.119. The third-order valence-corrected chi connectivity index (χ3v) is 6.96. The Hall–Kier alpha value is -3.15. The van der Waals surface area contributed by atoms with Crippen LogP contribution < -0.4 is 27.0 Å². The molecule has 12 heteroatoms. The smallest absolute Gasteiger partial charge is 0.291 e. The summed E-state index contributed by atoms with van der Waals surface area (Å²) in [5.41, 5.74) is 11.1. The molecule has 0 aromatic carbocycles. The summed E-state index contributed by atoms with van der Waals surface area (Å²) in [6, 6.07) is 0.859. The quantitative estimate of drug-likeness (QED) is 0.168. The van der Waals surface area contributed by atoms with Crippen molar-refractivity contribution in [2.24, 2.45) is 0 Å². The molecule has 1 aromatic heterocycles. The molecule has 1 unspecified atom stereocenters. The molecule has 0 radical (unpaired) electrons. The Balaban J connectivity index is 0.00000122. The van der Waals surface area contributed by atoms with Crippen molar-refractivity contribution < 1.29 is 9.59 Å². The Bertz CT molecular complexity index is 1060. The number of aromatic nitrogens is 2. The molecule has 3 heterocycles. The molecule has 2 amide bonds. The van der Waals surface area contributed by atoms with Crippen molar-refractivity contribution in [3.8, 4) is 0 Å². The van der Waals surface area contributed by atoms with Gasteiger partial charge in [-0.25, -0.2) is 4.98 Å². The van der Waals surface area contributed by atoms with Gasteiger partial charge in [-0.2, -0.15) is 0 Å². The standard InChI is InChI=1S/C23H38N8O3.C4H6.CH3Cl/c1-5-15(3)13-29-9-7-18(8-10-29)31-12-11-30(14-17(31)6-2)21-23(34)25-19(20(24)26-21)22(33)28-27-16(4)32;1-3-4-2;1-2/h5,17-18H,6-14H2,1-4H3,(H2,24,26)(H,25,34)(H,27,32)(H,28,33);3-4H,1-2H2;1H3/b15-5+;;. The van der Waals surface area contributed by atoms with E-state index >= 15 is 0 Å². The molecule has 2 fully saturated rings. The number of likely N-dealkylation sites (tertiary alicyclic amines) is 1. The van der Waals surface area contributed by atoms with Gasteiger partial charge in [0.05, 0.1) is 0 Å². The second kappa shape index (κ2) is 18.2. The summed E-state index contributed by atoms with van der Waals surface area (Å²) in [5.74, 6) is -1.03. The largest absolute Gasteiger partial charge is 0.382 e. The Labute approximate surface area is 243 Å². The molecular weight excluding hydrogens is 532 g/mol. The molecule has 2 saturated heterocycles. The number of nitrogens with two attached hydrogens (primary N) is 1. The summed E-state index contributed by atoms with van der Waals surface area (Å²) in [5, 5.41) is 0. The zero-order valence-corrected chi connectivity index (χ0v) is 25.4. The molecule has 0 saturated carbocycles. The highest BCUT2D eigenvalue weighted by atomic mass is 35.5. The molecule has 11 nitrogen and oxygen atoms in total. The molecular formula is C28H47ClN8O3. The van der Waals surface area contributed by atoms with E-state index in [0.29, 0.717) is 25.2 Å². The van der Waals surface area contributed by atoms with Crippen molar-refractivity contribution in [3.63, 3.8) is 0 Å². The van der Waals surface area contributed by atoms with E-state index in [0.717, 1.165) is 45.4 Å². The maximum absolute atomic E-state index is 12.8. The van der Waals surface area contributed by atoms with Crippen molar-refractivity contribution in [2.75, 3.05) is 56.3 Å². The lowest BCUT2D eigenvalue weighted by Gasteiger charge is -2.47. The minimum absolute atomic E-state index is 0.0864. The summed E-state index contributed by atoms with van der Waals surface area (Å²) in [6.45, 7) is 19.9. The fourth-order valence-electron chi connectivity index (χ4n) is 4.81. The first-order valence-electron chi connectivity index (χ1n) is 13.6. The lowest BCUT2D eigenvalue weighted by atomic mass is 9.98. The molecule has 5 N–H and O–H groups in total. The van der Waals surface area contributed by atoms with Crippen LogP contribution >= 0.6 is 11.6 Å². The number of piperidine rings is 1. The number of hydrogen-bond acceptors (Lipinski definition) is 8. The molecule has 2 aliphatic heterocycles. The van der Waals surface area contributed by atoms with Gasteiger partial charge in [-0.1, -0.05) is 43.9 Å². The zero-order valence-electron chi connectivity index (χ0n) is 24.6. The van der Waals surface area contributed by atoms with Gasteiger partial charge in [0, 0.05) is 51.6 Å². The fourth-order valence-corrected chi connectivity index (χ4v) is 4.81. The lowest BCUT2D eigenvalue weighted by Crippen LogP contribution is -2.59. The van der Waals surface area contributed by atoms with Crippen LogP contribution in [0, 0.1) is 0 Å². The fraction of sp³-hybridized carbons (Fsp3) is 0.571. The minimum atomic E-state index is -0.726. The number of nitrogens with zero attached hydrogens (tertiary/aromatic N) is 4. The number of nitrogens with one attached hydrogen (secondary N) is 3. The summed E-state index contributed by atoms with van der Waals surface area (Å²) >= 11 is 4.64. The topological polar surface area (TPSA) is 140 Å². The van der Waals surface area contributed by atoms with Crippen LogP contribution in [0.1, 0.15) is 57.4 Å². The molecule has 0 spiro atoms. The van der Waals surface area contributed by atoms with Gasteiger partial charge < -0.3 is 15.6 Å². The van der Waals surface area contributed by atoms with E-state index in [1.54, 1.807) is 12.2 Å². The first-order valence-corrected chi connectivity index (χ1v) is 14.3. The number of carbonyl (C=O) groups is 2. The number of anilines is 2. The number of hydrazine groups is 1. The minimum Gasteiger partial charge on any atom is -0.382 e. The number of aromatic amines is 1. The van der Waals surface area contributed by atoms with Crippen molar-refractivity contribution in [1.29, 1.82) is 0 Å². The van der Waals surface area contributed by atoms with E-state index in [4.69, 9.17) is 5.73 Å². The summed E-state index contributed by atoms with van der Waals surface area (Å²) < 4.78 is 0. The second-order valence-corrected chi connectivity index (χ2v) is 9.64. The predicted molar refractivity (Wildman–Crippen MR) is 165 cm³/mol. The number of hydrogen-bond donors (Lipinski definition) is 4. The number of carbonyl (C=O) groups excluding carboxylic acids is 2. The SMILES string of the molecule is C/C=C(\C)CN1CCC(N2CCN(c3nc(N)c(C(=O)NNC(C)=O)[nH]c3=O)CC2CC)CC1.C=CC=C.CCl. The van der Waals surface area contributed by atoms with Gasteiger partial charge in [0.2, 0.25) is 5.91 Å². The predicted octanol–water partition coefficient (Wildman–Crippen LogP) is 2.68. The van der Waals surface area contributed by atoms with Crippen LogP contribution in [-0.2, 0) is 4.79 Å². The van der Waals surface area contributed by atoms with Crippen LogP contribution in [-0.4, -0.2) is 89.3 Å². The number of amides is 2. The van der Waals surface area contributed by atoms with Crippen molar-refractivity contribution in [2.45, 2.75) is 59.0 Å². The maximum Gasteiger partial charge on any atom is 0.291 e. The van der Waals surface area contributed by atoms with Crippen molar-refractivity contribution >= 4 is 35.1 Å². The van der Waals surface area contributed by atoms with Crippen molar-refractivity contribution in [1.82, 2.24) is 30.6 Å². The van der Waals surface area contributed by atoms with E-state index in [2.05, 4.69) is 82.2 Å². The Kier molecular flexibility index (Phi) is 15.9. The van der Waals surface area contributed by atoms with Crippen LogP contribution in [0.15, 0.2) is 41.8 Å². The highest BCUT2D eigenvalue weighted by molar-refractivity contribution is 6.15. The number of alkyl halides is 1. The molecule has 0 aliphatic carbocycles. The molecule has 1 atom stereocenters. The van der Waals surface area contributed by atoms with E-state index in [1.807, 2.05) is 4.90 Å². The van der Waals surface area contributed by atoms with Crippen LogP contribution in [0.3, 0.4) is 0 Å². The van der Waals surface area contributed by atoms with Crippen LogP contribution in [0.25, 0.3) is 0 Å². The monoisotopic (exact) mass is 578 g/mol. The summed E-state index contributed by atoms with van der Waals surface area (Å²) in [6.07, 6.45) is 10.2. The zero-order chi connectivity index (χ0) is 30.2. The number of H-pyrrole nitrogens is 1. The third kappa shape index (κ3) is 10.4. The average Bonchev–Trinajstić information content (AvgIpc) is 2.98. The van der Waals surface area contributed by atoms with Gasteiger partial charge in [-0.3, -0.25) is 35.0 Å². The molecule has 224 valence electrons. The first-order chi connectivity index (χ1) is 19.1. The van der Waals surface area contributed by atoms with E-state index in [1.165, 1.54) is 18.9 Å². The molecule has 2 aliphatic rings.